The molecular weight excluding hydrogens is 441 g/mol. The van der Waals surface area contributed by atoms with Crippen LogP contribution in [-0.2, 0) is 0 Å². The molecule has 10 heteroatoms. The van der Waals surface area contributed by atoms with Crippen LogP contribution in [-0.4, -0.2) is 31.9 Å². The third-order valence-electron chi connectivity index (χ3n) is 4.32. The molecule has 0 aliphatic heterocycles. The molecule has 0 radical (unpaired) electrons. The maximum Gasteiger partial charge on any atom is 0.209 e. The van der Waals surface area contributed by atoms with Crippen molar-refractivity contribution in [1.29, 1.82) is 0 Å². The summed E-state index contributed by atoms with van der Waals surface area (Å²) in [4.78, 5) is 14.0. The molecule has 4 rings (SSSR count). The average Bonchev–Trinajstić information content (AvgIpc) is 3.32. The maximum atomic E-state index is 6.37. The van der Waals surface area contributed by atoms with Crippen LogP contribution < -0.4 is 16.4 Å². The molecule has 0 aliphatic rings. The van der Waals surface area contributed by atoms with E-state index in [4.69, 9.17) is 40.3 Å². The Morgan fingerprint density at radius 1 is 1.30 bits per heavy atom. The van der Waals surface area contributed by atoms with Gasteiger partial charge in [0.25, 0.3) is 0 Å². The van der Waals surface area contributed by atoms with Crippen molar-refractivity contribution in [3.63, 3.8) is 0 Å². The molecule has 0 saturated carbocycles. The minimum absolute atomic E-state index is 0.0318. The fourth-order valence-electron chi connectivity index (χ4n) is 2.89. The second kappa shape index (κ2) is 8.40. The van der Waals surface area contributed by atoms with Crippen molar-refractivity contribution in [2.45, 2.75) is 13.0 Å². The number of benzene rings is 1. The number of hydrogen-bond acceptors (Lipinski definition) is 7. The van der Waals surface area contributed by atoms with Crippen LogP contribution in [0.4, 0.5) is 16.9 Å². The highest BCUT2D eigenvalue weighted by Crippen LogP contribution is 2.30. The number of hydrogen-bond donors (Lipinski definition) is 3. The fraction of sp³-hybridized carbons (Fsp3) is 0.150. The van der Waals surface area contributed by atoms with Crippen molar-refractivity contribution < 1.29 is 0 Å². The molecule has 0 fully saturated rings. The normalized spacial score (nSPS) is 11.9. The van der Waals surface area contributed by atoms with E-state index in [2.05, 4.69) is 26.5 Å². The average molecular weight is 458 g/mol. The van der Waals surface area contributed by atoms with E-state index >= 15 is 0 Å². The van der Waals surface area contributed by atoms with Gasteiger partial charge >= 0.3 is 0 Å². The summed E-state index contributed by atoms with van der Waals surface area (Å²) >= 11 is 13.7. The molecule has 0 bridgehead atoms. The van der Waals surface area contributed by atoms with Gasteiger partial charge in [0, 0.05) is 41.6 Å². The zero-order valence-corrected chi connectivity index (χ0v) is 18.2. The Morgan fingerprint density at radius 2 is 2.13 bits per heavy atom. The first-order valence-corrected chi connectivity index (χ1v) is 10.5. The van der Waals surface area contributed by atoms with Crippen molar-refractivity contribution in [1.82, 2.24) is 19.4 Å². The van der Waals surface area contributed by atoms with Crippen molar-refractivity contribution in [2.24, 2.45) is 0 Å². The number of fused-ring (bicyclic) bond motifs is 1. The smallest absolute Gasteiger partial charge is 0.209 e. The molecule has 4 N–H and O–H groups in total. The van der Waals surface area contributed by atoms with Crippen LogP contribution in [0.25, 0.3) is 16.9 Å². The standard InChI is InChI=1S/C20H17Cl2N7S/c1-3-16-18(23)28-20(30-16)26-11(2)10-25-19-27-15(9-17-24-6-7-29(17)19)13-5-4-12(21)8-14(13)22/h1,4-9,11H,10,23H2,2H3,(H,25,27)(H,26,28). The number of nitrogen functional groups attached to an aromatic ring is 1. The second-order valence-electron chi connectivity index (χ2n) is 6.55. The van der Waals surface area contributed by atoms with Gasteiger partial charge in [-0.25, -0.2) is 15.0 Å². The molecule has 0 aliphatic carbocycles. The minimum Gasteiger partial charge on any atom is -0.382 e. The third-order valence-corrected chi connectivity index (χ3v) is 5.80. The number of halogens is 2. The van der Waals surface area contributed by atoms with Gasteiger partial charge in [0.2, 0.25) is 5.95 Å². The van der Waals surface area contributed by atoms with Gasteiger partial charge in [0.05, 0.1) is 10.7 Å². The van der Waals surface area contributed by atoms with Crippen LogP contribution in [0.3, 0.4) is 0 Å². The summed E-state index contributed by atoms with van der Waals surface area (Å²) in [5, 5.41) is 8.42. The molecule has 152 valence electrons. The summed E-state index contributed by atoms with van der Waals surface area (Å²) in [6, 6.07) is 7.23. The van der Waals surface area contributed by atoms with E-state index in [9.17, 15) is 0 Å². The highest BCUT2D eigenvalue weighted by molar-refractivity contribution is 7.16. The lowest BCUT2D eigenvalue weighted by Crippen LogP contribution is -2.26. The molecular formula is C20H17Cl2N7S. The molecule has 3 aromatic heterocycles. The predicted octanol–water partition coefficient (Wildman–Crippen LogP) is 4.64. The summed E-state index contributed by atoms with van der Waals surface area (Å²) in [7, 11) is 0. The molecule has 0 spiro atoms. The molecule has 30 heavy (non-hydrogen) atoms. The van der Waals surface area contributed by atoms with Crippen molar-refractivity contribution >= 4 is 57.1 Å². The van der Waals surface area contributed by atoms with Crippen LogP contribution in [0.2, 0.25) is 10.0 Å². The molecule has 1 atom stereocenters. The van der Waals surface area contributed by atoms with Crippen molar-refractivity contribution in [3.05, 3.63) is 51.6 Å². The Hall–Kier alpha value is -2.99. The highest BCUT2D eigenvalue weighted by atomic mass is 35.5. The van der Waals surface area contributed by atoms with Gasteiger partial charge in [-0.15, -0.1) is 6.42 Å². The number of rotatable bonds is 6. The predicted molar refractivity (Wildman–Crippen MR) is 124 cm³/mol. The van der Waals surface area contributed by atoms with E-state index in [0.29, 0.717) is 44.1 Å². The number of nitrogens with two attached hydrogens (primary N) is 1. The van der Waals surface area contributed by atoms with E-state index in [1.165, 1.54) is 11.3 Å². The monoisotopic (exact) mass is 457 g/mol. The Balaban J connectivity index is 1.56. The summed E-state index contributed by atoms with van der Waals surface area (Å²) in [6.07, 6.45) is 8.98. The number of anilines is 3. The summed E-state index contributed by atoms with van der Waals surface area (Å²) in [6.45, 7) is 2.59. The summed E-state index contributed by atoms with van der Waals surface area (Å²) in [5.41, 5.74) is 8.03. The zero-order valence-electron chi connectivity index (χ0n) is 15.9. The molecule has 4 aromatic rings. The first-order chi connectivity index (χ1) is 14.4. The minimum atomic E-state index is 0.0318. The fourth-order valence-corrected chi connectivity index (χ4v) is 4.20. The molecule has 3 heterocycles. The topological polar surface area (TPSA) is 93.2 Å². The lowest BCUT2D eigenvalue weighted by molar-refractivity contribution is 0.821. The van der Waals surface area contributed by atoms with Crippen molar-refractivity contribution in [2.75, 3.05) is 22.9 Å². The Morgan fingerprint density at radius 3 is 2.87 bits per heavy atom. The van der Waals surface area contributed by atoms with Crippen LogP contribution in [0.15, 0.2) is 36.7 Å². The SMILES string of the molecule is C#Cc1sc(NC(C)CNc2nc(-c3ccc(Cl)cc3Cl)cc3nccn23)nc1N. The van der Waals surface area contributed by atoms with Gasteiger partial charge in [-0.2, -0.15) is 0 Å². The van der Waals surface area contributed by atoms with Gasteiger partial charge in [0.1, 0.15) is 10.5 Å². The van der Waals surface area contributed by atoms with Gasteiger partial charge in [-0.1, -0.05) is 40.5 Å². The first kappa shape index (κ1) is 20.3. The molecule has 1 aromatic carbocycles. The Kier molecular flexibility index (Phi) is 5.68. The van der Waals surface area contributed by atoms with Gasteiger partial charge < -0.3 is 16.4 Å². The molecule has 0 amide bonds. The zero-order chi connectivity index (χ0) is 21.3. The van der Waals surface area contributed by atoms with E-state index in [0.717, 1.165) is 11.2 Å². The second-order valence-corrected chi connectivity index (χ2v) is 8.39. The van der Waals surface area contributed by atoms with Crippen molar-refractivity contribution in [3.8, 4) is 23.6 Å². The summed E-state index contributed by atoms with van der Waals surface area (Å²) in [5.74, 6) is 3.53. The van der Waals surface area contributed by atoms with Crippen LogP contribution in [0.5, 0.6) is 0 Å². The van der Waals surface area contributed by atoms with Crippen LogP contribution in [0.1, 0.15) is 11.8 Å². The molecule has 1 unspecified atom stereocenters. The Labute approximate surface area is 187 Å². The largest absolute Gasteiger partial charge is 0.382 e. The highest BCUT2D eigenvalue weighted by Gasteiger charge is 2.13. The quantitative estimate of drug-likeness (QED) is 0.365. The number of nitrogens with one attached hydrogen (secondary N) is 2. The molecule has 7 nitrogen and oxygen atoms in total. The number of nitrogens with zero attached hydrogens (tertiary/aromatic N) is 4. The van der Waals surface area contributed by atoms with E-state index in [-0.39, 0.29) is 6.04 Å². The van der Waals surface area contributed by atoms with Gasteiger partial charge in [0.15, 0.2) is 10.9 Å². The lowest BCUT2D eigenvalue weighted by atomic mass is 10.1. The van der Waals surface area contributed by atoms with E-state index in [1.54, 1.807) is 18.3 Å². The summed E-state index contributed by atoms with van der Waals surface area (Å²) < 4.78 is 1.87. The van der Waals surface area contributed by atoms with Crippen LogP contribution in [0, 0.1) is 12.3 Å². The van der Waals surface area contributed by atoms with Gasteiger partial charge in [-0.3, -0.25) is 4.40 Å². The Bertz CT molecular complexity index is 1260. The van der Waals surface area contributed by atoms with Crippen LogP contribution >= 0.6 is 34.5 Å². The first-order valence-electron chi connectivity index (χ1n) is 8.97. The van der Waals surface area contributed by atoms with Gasteiger partial charge in [-0.05, 0) is 25.1 Å². The number of aromatic nitrogens is 4. The van der Waals surface area contributed by atoms with E-state index in [1.807, 2.05) is 29.7 Å². The number of thiazole rings is 1. The molecule has 0 saturated heterocycles. The third kappa shape index (κ3) is 4.14. The number of imidazole rings is 1. The van der Waals surface area contributed by atoms with E-state index < -0.39 is 0 Å². The maximum absolute atomic E-state index is 6.37. The lowest BCUT2D eigenvalue weighted by Gasteiger charge is -2.16. The number of terminal acetylenes is 1.